The van der Waals surface area contributed by atoms with Gasteiger partial charge >= 0.3 is 6.18 Å². The maximum Gasteiger partial charge on any atom is 0.393 e. The number of rotatable bonds is 4. The number of nitrogens with zero attached hydrogens (tertiary/aromatic N) is 3. The predicted octanol–water partition coefficient (Wildman–Crippen LogP) is 5.09. The van der Waals surface area contributed by atoms with Crippen molar-refractivity contribution in [3.05, 3.63) is 42.0 Å². The summed E-state index contributed by atoms with van der Waals surface area (Å²) < 4.78 is 43.1. The number of halogens is 3. The second-order valence-corrected chi connectivity index (χ2v) is 7.53. The number of benzene rings is 2. The topological polar surface area (TPSA) is 42.2 Å². The van der Waals surface area contributed by atoms with Gasteiger partial charge in [-0.1, -0.05) is 38.1 Å². The Bertz CT molecular complexity index is 959. The molecule has 0 unspecified atom stereocenters. The molecular formula is C20H20F3N3O. The zero-order valence-electron chi connectivity index (χ0n) is 15.1. The van der Waals surface area contributed by atoms with E-state index in [1.54, 1.807) is 12.1 Å². The molecule has 0 bridgehead atoms. The second kappa shape index (κ2) is 6.55. The van der Waals surface area contributed by atoms with Crippen molar-refractivity contribution in [2.24, 2.45) is 11.8 Å². The summed E-state index contributed by atoms with van der Waals surface area (Å²) in [5.74, 6) is 1.23. The van der Waals surface area contributed by atoms with Gasteiger partial charge in [-0.15, -0.1) is 0 Å². The van der Waals surface area contributed by atoms with Gasteiger partial charge in [0.15, 0.2) is 5.52 Å². The molecule has 2 aromatic carbocycles. The van der Waals surface area contributed by atoms with E-state index >= 15 is 0 Å². The van der Waals surface area contributed by atoms with Crippen LogP contribution in [0.15, 0.2) is 41.0 Å². The van der Waals surface area contributed by atoms with E-state index in [1.807, 2.05) is 18.2 Å². The molecule has 1 saturated heterocycles. The monoisotopic (exact) mass is 375 g/mol. The molecule has 1 fully saturated rings. The molecule has 1 aliphatic heterocycles. The molecule has 27 heavy (non-hydrogen) atoms. The average molecular weight is 375 g/mol. The van der Waals surface area contributed by atoms with Crippen LogP contribution < -0.4 is 4.90 Å². The van der Waals surface area contributed by atoms with Gasteiger partial charge in [0, 0.05) is 13.1 Å². The van der Waals surface area contributed by atoms with Gasteiger partial charge in [-0.25, -0.2) is 4.63 Å². The number of anilines is 1. The molecule has 0 radical (unpaired) electrons. The molecule has 0 amide bonds. The molecule has 0 aliphatic carbocycles. The van der Waals surface area contributed by atoms with Gasteiger partial charge in [0.2, 0.25) is 0 Å². The number of hydrogen-bond donors (Lipinski definition) is 0. The number of hydrogen-bond acceptors (Lipinski definition) is 4. The van der Waals surface area contributed by atoms with E-state index in [9.17, 15) is 13.2 Å². The fourth-order valence-corrected chi connectivity index (χ4v) is 3.50. The molecule has 0 N–H and O–H groups in total. The van der Waals surface area contributed by atoms with Crippen LogP contribution in [0.3, 0.4) is 0 Å². The van der Waals surface area contributed by atoms with Crippen LogP contribution in [-0.2, 0) is 6.42 Å². The first kappa shape index (κ1) is 17.8. The van der Waals surface area contributed by atoms with Crippen molar-refractivity contribution in [1.82, 2.24) is 10.3 Å². The maximum absolute atomic E-state index is 12.7. The fourth-order valence-electron chi connectivity index (χ4n) is 3.50. The van der Waals surface area contributed by atoms with E-state index in [1.165, 1.54) is 6.07 Å². The summed E-state index contributed by atoms with van der Waals surface area (Å²) in [7, 11) is 0. The summed E-state index contributed by atoms with van der Waals surface area (Å²) in [6.07, 6.45) is -5.17. The second-order valence-electron chi connectivity index (χ2n) is 7.53. The lowest BCUT2D eigenvalue weighted by Crippen LogP contribution is -2.49. The van der Waals surface area contributed by atoms with Crippen LogP contribution in [0.2, 0.25) is 0 Å². The van der Waals surface area contributed by atoms with Crippen LogP contribution in [-0.4, -0.2) is 29.6 Å². The highest BCUT2D eigenvalue weighted by Crippen LogP contribution is 2.37. The number of aromatic nitrogens is 2. The third kappa shape index (κ3) is 3.63. The molecule has 4 nitrogen and oxygen atoms in total. The van der Waals surface area contributed by atoms with E-state index in [4.69, 9.17) is 4.63 Å². The van der Waals surface area contributed by atoms with Gasteiger partial charge in [-0.05, 0) is 51.0 Å². The predicted molar refractivity (Wildman–Crippen MR) is 97.5 cm³/mol. The molecule has 7 heteroatoms. The molecule has 2 heterocycles. The van der Waals surface area contributed by atoms with Crippen LogP contribution in [0.4, 0.5) is 18.9 Å². The largest absolute Gasteiger partial charge is 0.393 e. The lowest BCUT2D eigenvalue weighted by Gasteiger charge is -2.43. The summed E-state index contributed by atoms with van der Waals surface area (Å²) in [5, 5.41) is 7.97. The Hall–Kier alpha value is -2.57. The Labute approximate surface area is 154 Å². The van der Waals surface area contributed by atoms with Crippen molar-refractivity contribution >= 4 is 16.7 Å². The summed E-state index contributed by atoms with van der Waals surface area (Å²) in [6.45, 7) is 6.27. The molecular weight excluding hydrogens is 355 g/mol. The fraction of sp³-hybridized carbons (Fsp3) is 0.400. The van der Waals surface area contributed by atoms with Crippen molar-refractivity contribution in [2.45, 2.75) is 26.4 Å². The SMILES string of the molecule is CC(C)C1CN(c2cc(-c3cccc(CC(F)(F)F)c3)cc3nonc23)C1. The molecule has 1 aliphatic rings. The zero-order valence-corrected chi connectivity index (χ0v) is 15.1. The molecule has 0 saturated carbocycles. The van der Waals surface area contributed by atoms with E-state index in [2.05, 4.69) is 29.1 Å². The quantitative estimate of drug-likeness (QED) is 0.637. The standard InChI is InChI=1S/C20H20F3N3O/c1-12(2)16-10-26(11-16)18-8-15(7-17-19(18)25-27-24-17)14-5-3-4-13(6-14)9-20(21,22)23/h3-8,12,16H,9-11H2,1-2H3. The highest BCUT2D eigenvalue weighted by atomic mass is 19.4. The van der Waals surface area contributed by atoms with Crippen LogP contribution >= 0.6 is 0 Å². The minimum Gasteiger partial charge on any atom is -0.369 e. The van der Waals surface area contributed by atoms with Gasteiger partial charge < -0.3 is 4.90 Å². The first-order valence-electron chi connectivity index (χ1n) is 8.97. The van der Waals surface area contributed by atoms with Gasteiger partial charge in [0.1, 0.15) is 5.52 Å². The lowest BCUT2D eigenvalue weighted by molar-refractivity contribution is -0.127. The van der Waals surface area contributed by atoms with E-state index in [0.29, 0.717) is 22.9 Å². The first-order valence-corrected chi connectivity index (χ1v) is 8.97. The van der Waals surface area contributed by atoms with Gasteiger partial charge in [0.25, 0.3) is 0 Å². The van der Waals surface area contributed by atoms with Crippen LogP contribution in [0.25, 0.3) is 22.2 Å². The van der Waals surface area contributed by atoms with Gasteiger partial charge in [-0.3, -0.25) is 0 Å². The normalized spacial score (nSPS) is 15.6. The molecule has 4 rings (SSSR count). The van der Waals surface area contributed by atoms with Crippen LogP contribution in [0.5, 0.6) is 0 Å². The van der Waals surface area contributed by atoms with Crippen molar-refractivity contribution in [1.29, 1.82) is 0 Å². The Morgan fingerprint density at radius 2 is 1.89 bits per heavy atom. The van der Waals surface area contributed by atoms with Crippen molar-refractivity contribution in [2.75, 3.05) is 18.0 Å². The van der Waals surface area contributed by atoms with Crippen molar-refractivity contribution in [3.8, 4) is 11.1 Å². The maximum atomic E-state index is 12.7. The summed E-state index contributed by atoms with van der Waals surface area (Å²) in [4.78, 5) is 2.22. The Kier molecular flexibility index (Phi) is 4.32. The molecule has 3 aromatic rings. The highest BCUT2D eigenvalue weighted by Gasteiger charge is 2.31. The molecule has 0 atom stereocenters. The summed E-state index contributed by atoms with van der Waals surface area (Å²) >= 11 is 0. The van der Waals surface area contributed by atoms with Crippen molar-refractivity contribution in [3.63, 3.8) is 0 Å². The Morgan fingerprint density at radius 1 is 1.11 bits per heavy atom. The van der Waals surface area contributed by atoms with E-state index in [-0.39, 0.29) is 5.56 Å². The third-order valence-electron chi connectivity index (χ3n) is 5.20. The Morgan fingerprint density at radius 3 is 2.59 bits per heavy atom. The van der Waals surface area contributed by atoms with Crippen LogP contribution in [0.1, 0.15) is 19.4 Å². The summed E-state index contributed by atoms with van der Waals surface area (Å²) in [5.41, 5.74) is 3.99. The minimum atomic E-state index is -4.23. The number of alkyl halides is 3. The molecule has 142 valence electrons. The molecule has 1 aromatic heterocycles. The highest BCUT2D eigenvalue weighted by molar-refractivity contribution is 5.93. The number of fused-ring (bicyclic) bond motifs is 1. The smallest absolute Gasteiger partial charge is 0.369 e. The Balaban J connectivity index is 1.70. The molecule has 0 spiro atoms. The van der Waals surface area contributed by atoms with Gasteiger partial charge in [-0.2, -0.15) is 13.2 Å². The van der Waals surface area contributed by atoms with E-state index < -0.39 is 12.6 Å². The zero-order chi connectivity index (χ0) is 19.2. The van der Waals surface area contributed by atoms with Crippen LogP contribution in [0, 0.1) is 11.8 Å². The summed E-state index contributed by atoms with van der Waals surface area (Å²) in [6, 6.07) is 10.3. The lowest BCUT2D eigenvalue weighted by atomic mass is 9.87. The van der Waals surface area contributed by atoms with Gasteiger partial charge in [0.05, 0.1) is 12.1 Å². The first-order chi connectivity index (χ1) is 12.8. The average Bonchev–Trinajstić information content (AvgIpc) is 3.00. The van der Waals surface area contributed by atoms with Crippen molar-refractivity contribution < 1.29 is 17.8 Å². The third-order valence-corrected chi connectivity index (χ3v) is 5.20. The minimum absolute atomic E-state index is 0.240. The van der Waals surface area contributed by atoms with E-state index in [0.717, 1.165) is 29.9 Å².